The molecule has 3 nitrogen and oxygen atoms in total. The molecule has 0 rings (SSSR count). The Labute approximate surface area is 74.9 Å². The fourth-order valence-corrected chi connectivity index (χ4v) is 1.58. The summed E-state index contributed by atoms with van der Waals surface area (Å²) >= 11 is 3.47. The Balaban J connectivity index is 3.52. The second-order valence-corrected chi connectivity index (χ2v) is 2.83. The molecule has 0 heterocycles. The molecule has 0 radical (unpaired) electrons. The van der Waals surface area contributed by atoms with Crippen LogP contribution in [0.15, 0.2) is 0 Å². The Kier molecular flexibility index (Phi) is 5.53. The van der Waals surface area contributed by atoms with Gasteiger partial charge in [-0.2, -0.15) is 0 Å². The van der Waals surface area contributed by atoms with Gasteiger partial charge in [0.15, 0.2) is 0 Å². The van der Waals surface area contributed by atoms with Gasteiger partial charge in [-0.15, -0.1) is 0 Å². The highest BCUT2D eigenvalue weighted by molar-refractivity contribution is 14.1. The van der Waals surface area contributed by atoms with E-state index < -0.39 is 6.04 Å². The largest absolute Gasteiger partial charge is 0.394 e. The van der Waals surface area contributed by atoms with Crippen molar-refractivity contribution in [3.05, 3.63) is 0 Å². The maximum atomic E-state index is 10.4. The second kappa shape index (κ2) is 4.89. The summed E-state index contributed by atoms with van der Waals surface area (Å²) in [5.41, 5.74) is 0. The van der Waals surface area contributed by atoms with Crippen LogP contribution in [0.5, 0.6) is 0 Å². The normalized spacial score (nSPS) is 13.4. The predicted octanol–water partition coefficient (Wildman–Crippen LogP) is 0.249. The van der Waals surface area contributed by atoms with Crippen LogP contribution in [0.2, 0.25) is 0 Å². The maximum absolute atomic E-state index is 10.4. The minimum absolute atomic E-state index is 0.0699. The topological polar surface area (TPSA) is 49.3 Å². The third-order valence-electron chi connectivity index (χ3n) is 0.588. The zero-order chi connectivity index (χ0) is 6.57. The van der Waals surface area contributed by atoms with Crippen LogP contribution in [0.3, 0.4) is 0 Å². The first-order valence-corrected chi connectivity index (χ1v) is 4.04. The number of hydrogen-bond donors (Lipinski definition) is 2. The van der Waals surface area contributed by atoms with Crippen LogP contribution in [0.1, 0.15) is 0 Å². The van der Waals surface area contributed by atoms with Crippen molar-refractivity contribution in [1.29, 1.82) is 0 Å². The predicted molar refractivity (Wildman–Crippen MR) is 47.1 cm³/mol. The first-order valence-electron chi connectivity index (χ1n) is 1.88. The number of rotatable bonds is 3. The lowest BCUT2D eigenvalue weighted by atomic mass is 10.4. The molecule has 0 aromatic heterocycles. The number of aliphatic hydroxyl groups is 1. The Bertz CT molecular complexity index is 83.4. The number of nitrogens with one attached hydrogen (secondary N) is 1. The van der Waals surface area contributed by atoms with Gasteiger partial charge in [-0.1, -0.05) is 0 Å². The molecule has 0 aromatic carbocycles. The van der Waals surface area contributed by atoms with Crippen LogP contribution in [-0.2, 0) is 4.79 Å². The van der Waals surface area contributed by atoms with Crippen LogP contribution in [-0.4, -0.2) is 21.5 Å². The molecule has 0 unspecified atom stereocenters. The SMILES string of the molecule is O=C(I)[C@@H](CO)NI. The van der Waals surface area contributed by atoms with Crippen molar-refractivity contribution in [1.82, 2.24) is 3.53 Å². The smallest absolute Gasteiger partial charge is 0.212 e. The van der Waals surface area contributed by atoms with E-state index in [2.05, 4.69) is 3.53 Å². The molecule has 0 amide bonds. The highest BCUT2D eigenvalue weighted by Crippen LogP contribution is 1.94. The third kappa shape index (κ3) is 3.15. The van der Waals surface area contributed by atoms with Gasteiger partial charge in [-0.3, -0.25) is 4.79 Å². The number of carbonyl (C=O) groups excluding carboxylic acids is 1. The quantitative estimate of drug-likeness (QED) is 0.440. The summed E-state index contributed by atoms with van der Waals surface area (Å²) in [6, 6.07) is -0.406. The van der Waals surface area contributed by atoms with Crippen LogP contribution < -0.4 is 3.53 Å². The zero-order valence-electron chi connectivity index (χ0n) is 3.90. The average molecular weight is 341 g/mol. The Morgan fingerprint density at radius 2 is 2.38 bits per heavy atom. The molecule has 1 atom stereocenters. The van der Waals surface area contributed by atoms with Crippen molar-refractivity contribution in [2.45, 2.75) is 6.04 Å². The first-order chi connectivity index (χ1) is 3.72. The van der Waals surface area contributed by atoms with E-state index in [1.165, 1.54) is 0 Å². The molecule has 0 saturated heterocycles. The number of hydrogen-bond acceptors (Lipinski definition) is 3. The van der Waals surface area contributed by atoms with E-state index in [0.717, 1.165) is 0 Å². The van der Waals surface area contributed by atoms with E-state index in [4.69, 9.17) is 5.11 Å². The van der Waals surface area contributed by atoms with Gasteiger partial charge in [0, 0.05) is 45.5 Å². The van der Waals surface area contributed by atoms with Crippen LogP contribution in [0, 0.1) is 0 Å². The van der Waals surface area contributed by atoms with Gasteiger partial charge in [0.05, 0.1) is 6.61 Å². The van der Waals surface area contributed by atoms with Gasteiger partial charge in [0.2, 0.25) is 3.79 Å². The van der Waals surface area contributed by atoms with Crippen molar-refractivity contribution < 1.29 is 9.90 Å². The molecule has 0 aliphatic heterocycles. The van der Waals surface area contributed by atoms with Crippen molar-refractivity contribution in [2.75, 3.05) is 6.61 Å². The lowest BCUT2D eigenvalue weighted by molar-refractivity contribution is -0.111. The summed E-state index contributed by atoms with van der Waals surface area (Å²) in [4.78, 5) is 10.4. The summed E-state index contributed by atoms with van der Waals surface area (Å²) in [6.45, 7) is -0.134. The number of aliphatic hydroxyl groups excluding tert-OH is 1. The van der Waals surface area contributed by atoms with Crippen LogP contribution in [0.25, 0.3) is 0 Å². The molecule has 48 valence electrons. The standard InChI is InChI=1S/C3H5I2NO2/c4-3(8)2(1-7)6-5/h2,6-7H,1H2/t2-/m1/s1. The summed E-state index contributed by atoms with van der Waals surface area (Å²) in [5.74, 6) is 0. The van der Waals surface area contributed by atoms with Crippen molar-refractivity contribution in [3.63, 3.8) is 0 Å². The fourth-order valence-electron chi connectivity index (χ4n) is 0.149. The highest BCUT2D eigenvalue weighted by atomic mass is 127. The van der Waals surface area contributed by atoms with Gasteiger partial charge >= 0.3 is 0 Å². The fraction of sp³-hybridized carbons (Fsp3) is 0.667. The van der Waals surface area contributed by atoms with Gasteiger partial charge in [-0.05, 0) is 0 Å². The van der Waals surface area contributed by atoms with Gasteiger partial charge in [0.1, 0.15) is 6.04 Å². The molecule has 0 aliphatic rings. The first kappa shape index (κ1) is 9.05. The van der Waals surface area contributed by atoms with E-state index in [1.54, 1.807) is 22.6 Å². The zero-order valence-corrected chi connectivity index (χ0v) is 8.21. The van der Waals surface area contributed by atoms with Crippen LogP contribution >= 0.6 is 45.5 Å². The Morgan fingerprint density at radius 3 is 2.38 bits per heavy atom. The monoisotopic (exact) mass is 341 g/mol. The summed E-state index contributed by atoms with van der Waals surface area (Å²) in [6.07, 6.45) is 0. The molecular weight excluding hydrogens is 336 g/mol. The second-order valence-electron chi connectivity index (χ2n) is 1.15. The molecule has 0 bridgehead atoms. The lowest BCUT2D eigenvalue weighted by Gasteiger charge is -2.03. The van der Waals surface area contributed by atoms with E-state index in [-0.39, 0.29) is 10.4 Å². The summed E-state index contributed by atoms with van der Waals surface area (Å²) in [5, 5.41) is 8.40. The van der Waals surface area contributed by atoms with E-state index in [0.29, 0.717) is 0 Å². The molecule has 0 fully saturated rings. The molecule has 0 aromatic rings. The lowest BCUT2D eigenvalue weighted by Crippen LogP contribution is -2.30. The van der Waals surface area contributed by atoms with Gasteiger partial charge in [0.25, 0.3) is 0 Å². The van der Waals surface area contributed by atoms with Crippen LogP contribution in [0.4, 0.5) is 0 Å². The Hall–Kier alpha value is 1.05. The van der Waals surface area contributed by atoms with E-state index in [1.807, 2.05) is 22.9 Å². The van der Waals surface area contributed by atoms with E-state index in [9.17, 15) is 4.79 Å². The minimum Gasteiger partial charge on any atom is -0.394 e. The Morgan fingerprint density at radius 1 is 1.88 bits per heavy atom. The molecule has 5 heteroatoms. The van der Waals surface area contributed by atoms with Crippen molar-refractivity contribution in [2.24, 2.45) is 0 Å². The molecular formula is C3H5I2NO2. The summed E-state index contributed by atoms with van der Waals surface area (Å²) in [7, 11) is 0. The molecule has 0 aliphatic carbocycles. The third-order valence-corrected chi connectivity index (χ3v) is 2.09. The number of halogens is 2. The molecule has 0 spiro atoms. The molecule has 0 saturated carbocycles. The molecule has 8 heavy (non-hydrogen) atoms. The molecule has 2 N–H and O–H groups in total. The minimum atomic E-state index is -0.406. The van der Waals surface area contributed by atoms with Crippen molar-refractivity contribution in [3.8, 4) is 0 Å². The van der Waals surface area contributed by atoms with Gasteiger partial charge in [-0.25, -0.2) is 3.53 Å². The maximum Gasteiger partial charge on any atom is 0.212 e. The number of carbonyl (C=O) groups is 1. The van der Waals surface area contributed by atoms with E-state index >= 15 is 0 Å². The van der Waals surface area contributed by atoms with Crippen molar-refractivity contribution >= 4 is 49.2 Å². The van der Waals surface area contributed by atoms with Gasteiger partial charge < -0.3 is 5.11 Å². The summed E-state index contributed by atoms with van der Waals surface area (Å²) < 4.78 is 2.54. The average Bonchev–Trinajstić information content (AvgIpc) is 1.69. The highest BCUT2D eigenvalue weighted by Gasteiger charge is 2.10.